The Bertz CT molecular complexity index is 416. The van der Waals surface area contributed by atoms with Crippen LogP contribution in [0.4, 0.5) is 0 Å². The van der Waals surface area contributed by atoms with Gasteiger partial charge < -0.3 is 0 Å². The van der Waals surface area contributed by atoms with Crippen molar-refractivity contribution in [3.8, 4) is 0 Å². The smallest absolute Gasteiger partial charge is 0.00369 e. The molecular weight excluding hydrogens is 314 g/mol. The average Bonchev–Trinajstić information content (AvgIpc) is 3.03. The Kier molecular flexibility index (Phi) is 5.57. The van der Waals surface area contributed by atoms with Crippen LogP contribution in [0, 0.1) is 23.7 Å². The third-order valence-corrected chi connectivity index (χ3v) is 16.8. The van der Waals surface area contributed by atoms with Crippen LogP contribution in [-0.4, -0.2) is 34.5 Å². The lowest BCUT2D eigenvalue weighted by Gasteiger charge is -2.47. The van der Waals surface area contributed by atoms with Gasteiger partial charge in [-0.1, -0.05) is 64.3 Å². The van der Waals surface area contributed by atoms with E-state index in [9.17, 15) is 0 Å². The Hall–Kier alpha value is 0.860. The molecule has 0 nitrogen and oxygen atoms in total. The molecule has 3 saturated heterocycles. The summed E-state index contributed by atoms with van der Waals surface area (Å²) < 4.78 is 0. The fraction of sp³-hybridized carbons (Fsp3) is 1.00. The molecule has 0 radical (unpaired) electrons. The molecule has 0 aromatic heterocycles. The summed E-state index contributed by atoms with van der Waals surface area (Å²) in [6.07, 6.45) is 9.50. The monoisotopic (exact) mass is 354 g/mol. The third-order valence-electron chi connectivity index (χ3n) is 7.89. The van der Waals surface area contributed by atoms with Gasteiger partial charge in [0.25, 0.3) is 0 Å². The lowest BCUT2D eigenvalue weighted by molar-refractivity contribution is 0.289. The summed E-state index contributed by atoms with van der Waals surface area (Å²) in [5.41, 5.74) is 3.27. The number of rotatable bonds is 3. The van der Waals surface area contributed by atoms with E-state index >= 15 is 0 Å². The van der Waals surface area contributed by atoms with E-state index in [1.807, 2.05) is 0 Å². The van der Waals surface area contributed by atoms with Crippen LogP contribution in [-0.2, 0) is 0 Å². The summed E-state index contributed by atoms with van der Waals surface area (Å²) in [4.78, 5) is 0. The predicted molar refractivity (Wildman–Crippen MR) is 110 cm³/mol. The Morgan fingerprint density at radius 2 is 1.48 bits per heavy atom. The van der Waals surface area contributed by atoms with Crippen LogP contribution in [0.3, 0.4) is 0 Å². The first-order valence-electron chi connectivity index (χ1n) is 10.3. The minimum atomic E-state index is 0.241. The largest absolute Gasteiger partial charge is 0.0994 e. The normalized spacial score (nSPS) is 47.2. The highest BCUT2D eigenvalue weighted by Gasteiger charge is 2.58. The van der Waals surface area contributed by atoms with Gasteiger partial charge in [0.1, 0.15) is 0 Å². The Morgan fingerprint density at radius 3 is 2.04 bits per heavy atom. The zero-order valence-electron chi connectivity index (χ0n) is 16.7. The van der Waals surface area contributed by atoms with Crippen molar-refractivity contribution in [1.82, 2.24) is 0 Å². The first kappa shape index (κ1) is 18.6. The van der Waals surface area contributed by atoms with Crippen molar-refractivity contribution in [3.05, 3.63) is 0 Å². The highest BCUT2D eigenvalue weighted by atomic mass is 31.1. The first-order chi connectivity index (χ1) is 10.8. The van der Waals surface area contributed by atoms with Crippen molar-refractivity contribution in [2.45, 2.75) is 96.3 Å². The highest BCUT2D eigenvalue weighted by molar-refractivity contribution is 7.65. The molecule has 134 valence electrons. The second kappa shape index (κ2) is 6.88. The summed E-state index contributed by atoms with van der Waals surface area (Å²) in [5, 5.41) is 0.734. The van der Waals surface area contributed by atoms with E-state index in [1.54, 1.807) is 38.0 Å². The van der Waals surface area contributed by atoms with E-state index in [4.69, 9.17) is 0 Å². The second-order valence-electron chi connectivity index (χ2n) is 9.67. The van der Waals surface area contributed by atoms with Crippen molar-refractivity contribution in [2.75, 3.05) is 12.3 Å². The molecule has 3 heterocycles. The summed E-state index contributed by atoms with van der Waals surface area (Å²) in [6, 6.07) is 0. The quantitative estimate of drug-likeness (QED) is 0.479. The van der Waals surface area contributed by atoms with Gasteiger partial charge in [-0.15, -0.1) is 0 Å². The second-order valence-corrected chi connectivity index (χ2v) is 15.4. The van der Waals surface area contributed by atoms with Gasteiger partial charge in [-0.2, -0.15) is 0 Å². The lowest BCUT2D eigenvalue weighted by atomic mass is 9.77. The van der Waals surface area contributed by atoms with Gasteiger partial charge in [-0.05, 0) is 83.8 Å². The van der Waals surface area contributed by atoms with Crippen LogP contribution in [0.5, 0.6) is 0 Å². The predicted octanol–water partition coefficient (Wildman–Crippen LogP) is 7.00. The van der Waals surface area contributed by atoms with Crippen molar-refractivity contribution in [2.24, 2.45) is 23.7 Å². The molecule has 3 aliphatic rings. The Balaban J connectivity index is 1.95. The fourth-order valence-electron chi connectivity index (χ4n) is 6.75. The van der Waals surface area contributed by atoms with Crippen LogP contribution in [0.25, 0.3) is 0 Å². The standard InChI is InChI=1S/C21H40P2/c1-14(2)18-8-9-20-17(7)21(16(5)6)11-10-19(15(3)4)23(21)13-12-22(18)20/h14-20H,8-13H2,1-7H3/t17?,18-,19-,20-,21-,22?,23?/m0/s1. The number of hydrogen-bond donors (Lipinski definition) is 0. The van der Waals surface area contributed by atoms with Crippen molar-refractivity contribution < 1.29 is 0 Å². The van der Waals surface area contributed by atoms with E-state index in [-0.39, 0.29) is 7.92 Å². The van der Waals surface area contributed by atoms with Crippen LogP contribution < -0.4 is 0 Å². The van der Waals surface area contributed by atoms with Crippen LogP contribution in [0.15, 0.2) is 0 Å². The minimum absolute atomic E-state index is 0.241. The zero-order chi connectivity index (χ0) is 16.9. The van der Waals surface area contributed by atoms with Crippen molar-refractivity contribution >= 4 is 15.8 Å². The average molecular weight is 354 g/mol. The van der Waals surface area contributed by atoms with Crippen molar-refractivity contribution in [3.63, 3.8) is 0 Å². The molecule has 0 bridgehead atoms. The molecule has 23 heavy (non-hydrogen) atoms. The maximum absolute atomic E-state index is 2.71. The lowest BCUT2D eigenvalue weighted by Crippen LogP contribution is -2.42. The van der Waals surface area contributed by atoms with E-state index in [0.29, 0.717) is 7.92 Å². The number of hydrogen-bond acceptors (Lipinski definition) is 0. The van der Waals surface area contributed by atoms with Crippen molar-refractivity contribution in [1.29, 1.82) is 0 Å². The molecule has 0 aromatic carbocycles. The molecule has 3 rings (SSSR count). The molecule has 3 unspecified atom stereocenters. The van der Waals surface area contributed by atoms with Gasteiger partial charge in [0, 0.05) is 0 Å². The van der Waals surface area contributed by atoms with Gasteiger partial charge in [0.05, 0.1) is 0 Å². The van der Waals surface area contributed by atoms with Gasteiger partial charge in [0.15, 0.2) is 0 Å². The molecular formula is C21H40P2. The van der Waals surface area contributed by atoms with E-state index < -0.39 is 0 Å². The summed E-state index contributed by atoms with van der Waals surface area (Å²) in [6.45, 7) is 17.9. The first-order valence-corrected chi connectivity index (χ1v) is 13.6. The summed E-state index contributed by atoms with van der Waals surface area (Å²) in [7, 11) is 0.548. The molecule has 3 aliphatic heterocycles. The fourth-order valence-corrected chi connectivity index (χ4v) is 16.7. The topological polar surface area (TPSA) is 0 Å². The Morgan fingerprint density at radius 1 is 0.826 bits per heavy atom. The highest BCUT2D eigenvalue weighted by Crippen LogP contribution is 2.76. The summed E-state index contributed by atoms with van der Waals surface area (Å²) in [5.74, 6) is 3.76. The molecule has 7 atom stereocenters. The van der Waals surface area contributed by atoms with Crippen LogP contribution in [0.2, 0.25) is 0 Å². The molecule has 0 spiro atoms. The van der Waals surface area contributed by atoms with Crippen LogP contribution in [0.1, 0.15) is 74.1 Å². The minimum Gasteiger partial charge on any atom is -0.0994 e. The zero-order valence-corrected chi connectivity index (χ0v) is 18.5. The van der Waals surface area contributed by atoms with E-state index in [0.717, 1.165) is 45.8 Å². The van der Waals surface area contributed by atoms with Gasteiger partial charge >= 0.3 is 0 Å². The van der Waals surface area contributed by atoms with Gasteiger partial charge in [-0.3, -0.25) is 0 Å². The van der Waals surface area contributed by atoms with E-state index in [1.165, 1.54) is 0 Å². The maximum Gasteiger partial charge on any atom is -0.00369 e. The van der Waals surface area contributed by atoms with Crippen LogP contribution >= 0.6 is 15.8 Å². The molecule has 2 heteroatoms. The molecule has 0 amide bonds. The third kappa shape index (κ3) is 2.87. The molecule has 0 aromatic rings. The molecule has 0 N–H and O–H groups in total. The molecule has 0 aliphatic carbocycles. The van der Waals surface area contributed by atoms with Gasteiger partial charge in [-0.25, -0.2) is 0 Å². The molecule has 3 fully saturated rings. The Labute approximate surface area is 148 Å². The van der Waals surface area contributed by atoms with E-state index in [2.05, 4.69) is 48.5 Å². The number of fused-ring (bicyclic) bond motifs is 2. The maximum atomic E-state index is 2.71. The summed E-state index contributed by atoms with van der Waals surface area (Å²) >= 11 is 0. The SMILES string of the molecule is CC(C)[C@@H]1CC[C@H]2C(C)[C@@]3(C(C)C)CC[C@@H](C(C)C)P3CCP12. The molecule has 0 saturated carbocycles. The van der Waals surface area contributed by atoms with Gasteiger partial charge in [0.2, 0.25) is 0 Å².